The van der Waals surface area contributed by atoms with Crippen LogP contribution in [-0.2, 0) is 7.05 Å². The van der Waals surface area contributed by atoms with Gasteiger partial charge in [-0.1, -0.05) is 6.07 Å². The molecule has 9 heteroatoms. The van der Waals surface area contributed by atoms with Crippen molar-refractivity contribution in [3.63, 3.8) is 0 Å². The Morgan fingerprint density at radius 3 is 2.66 bits per heavy atom. The van der Waals surface area contributed by atoms with E-state index in [0.717, 1.165) is 30.3 Å². The summed E-state index contributed by atoms with van der Waals surface area (Å²) in [6, 6.07) is 5.83. The zero-order valence-electron chi connectivity index (χ0n) is 18.1. The molecule has 3 aromatic rings. The van der Waals surface area contributed by atoms with Crippen LogP contribution in [0.1, 0.15) is 41.0 Å². The highest BCUT2D eigenvalue weighted by molar-refractivity contribution is 5.92. The van der Waals surface area contributed by atoms with Crippen molar-refractivity contribution in [2.24, 2.45) is 18.9 Å². The minimum Gasteiger partial charge on any atom is -0.476 e. The predicted molar refractivity (Wildman–Crippen MR) is 119 cm³/mol. The highest BCUT2D eigenvalue weighted by atomic mass is 19.1. The van der Waals surface area contributed by atoms with Crippen LogP contribution in [0.3, 0.4) is 0 Å². The third-order valence-corrected chi connectivity index (χ3v) is 6.49. The first kappa shape index (κ1) is 20.4. The molecule has 3 heterocycles. The van der Waals surface area contributed by atoms with Crippen molar-refractivity contribution in [3.8, 4) is 0 Å². The molecule has 2 N–H and O–H groups in total. The maximum absolute atomic E-state index is 13.5. The molecule has 2 aliphatic rings. The summed E-state index contributed by atoms with van der Waals surface area (Å²) >= 11 is 0. The normalized spacial score (nSPS) is 20.3. The van der Waals surface area contributed by atoms with Gasteiger partial charge in [0, 0.05) is 25.7 Å². The predicted octanol–water partition coefficient (Wildman–Crippen LogP) is 3.10. The van der Waals surface area contributed by atoms with Gasteiger partial charge < -0.3 is 15.3 Å². The molecule has 166 valence electrons. The number of benzene rings is 1. The van der Waals surface area contributed by atoms with Crippen molar-refractivity contribution in [3.05, 3.63) is 57.4 Å². The van der Waals surface area contributed by atoms with E-state index in [1.165, 1.54) is 12.5 Å². The van der Waals surface area contributed by atoms with E-state index < -0.39 is 23.7 Å². The van der Waals surface area contributed by atoms with Gasteiger partial charge in [-0.2, -0.15) is 4.39 Å². The molecule has 1 aliphatic carbocycles. The number of rotatable bonds is 5. The van der Waals surface area contributed by atoms with Gasteiger partial charge in [0.25, 0.3) is 5.56 Å². The molecule has 0 amide bonds. The van der Waals surface area contributed by atoms with E-state index in [2.05, 4.69) is 15.2 Å². The number of aromatic carboxylic acids is 1. The third-order valence-electron chi connectivity index (χ3n) is 6.49. The lowest BCUT2D eigenvalue weighted by Crippen LogP contribution is -2.31. The SMILES string of the molecule is Cc1cc([C@H](C)Nc2ccc(F)nc2C(=O)O)c2nc(N3CC4CC4C3)n(C)c(=O)c2c1. The minimum absolute atomic E-state index is 0.114. The van der Waals surface area contributed by atoms with E-state index in [1.807, 2.05) is 26.0 Å². The van der Waals surface area contributed by atoms with Crippen molar-refractivity contribution in [2.45, 2.75) is 26.3 Å². The van der Waals surface area contributed by atoms with E-state index in [0.29, 0.717) is 28.7 Å². The monoisotopic (exact) mass is 437 g/mol. The highest BCUT2D eigenvalue weighted by Gasteiger charge is 2.46. The molecule has 1 saturated heterocycles. The van der Waals surface area contributed by atoms with Crippen molar-refractivity contribution >= 4 is 28.5 Å². The summed E-state index contributed by atoms with van der Waals surface area (Å²) in [6.07, 6.45) is 1.25. The van der Waals surface area contributed by atoms with Crippen LogP contribution in [0.25, 0.3) is 10.9 Å². The highest BCUT2D eigenvalue weighted by Crippen LogP contribution is 2.46. The maximum Gasteiger partial charge on any atom is 0.356 e. The lowest BCUT2D eigenvalue weighted by Gasteiger charge is -2.24. The fourth-order valence-corrected chi connectivity index (χ4v) is 4.74. The van der Waals surface area contributed by atoms with Crippen LogP contribution < -0.4 is 15.8 Å². The van der Waals surface area contributed by atoms with Crippen molar-refractivity contribution in [2.75, 3.05) is 23.3 Å². The average Bonchev–Trinajstić information content (AvgIpc) is 3.36. The Hall–Kier alpha value is -3.49. The lowest BCUT2D eigenvalue weighted by molar-refractivity contribution is 0.0690. The number of pyridine rings is 1. The first-order valence-corrected chi connectivity index (χ1v) is 10.7. The fourth-order valence-electron chi connectivity index (χ4n) is 4.74. The Morgan fingerprint density at radius 1 is 1.25 bits per heavy atom. The largest absolute Gasteiger partial charge is 0.476 e. The lowest BCUT2D eigenvalue weighted by atomic mass is 10.0. The number of nitrogens with zero attached hydrogens (tertiary/aromatic N) is 4. The van der Waals surface area contributed by atoms with Gasteiger partial charge in [0.15, 0.2) is 5.69 Å². The summed E-state index contributed by atoms with van der Waals surface area (Å²) in [5.41, 5.74) is 1.94. The zero-order valence-corrected chi connectivity index (χ0v) is 18.1. The van der Waals surface area contributed by atoms with Gasteiger partial charge in [0.1, 0.15) is 0 Å². The fraction of sp³-hybridized carbons (Fsp3) is 0.391. The number of fused-ring (bicyclic) bond motifs is 2. The van der Waals surface area contributed by atoms with Gasteiger partial charge in [-0.15, -0.1) is 0 Å². The van der Waals surface area contributed by atoms with Crippen LogP contribution in [0.15, 0.2) is 29.1 Å². The topological polar surface area (TPSA) is 100 Å². The van der Waals surface area contributed by atoms with E-state index >= 15 is 0 Å². The van der Waals surface area contributed by atoms with Gasteiger partial charge in [-0.3, -0.25) is 9.36 Å². The zero-order chi connectivity index (χ0) is 22.7. The van der Waals surface area contributed by atoms with E-state index in [-0.39, 0.29) is 11.2 Å². The van der Waals surface area contributed by atoms with Crippen LogP contribution in [0.5, 0.6) is 0 Å². The number of carbonyl (C=O) groups is 1. The summed E-state index contributed by atoms with van der Waals surface area (Å²) in [6.45, 7) is 5.58. The molecule has 0 radical (unpaired) electrons. The molecule has 3 atom stereocenters. The summed E-state index contributed by atoms with van der Waals surface area (Å²) in [4.78, 5) is 35.3. The van der Waals surface area contributed by atoms with E-state index in [1.54, 1.807) is 11.6 Å². The van der Waals surface area contributed by atoms with Gasteiger partial charge in [0.2, 0.25) is 11.9 Å². The number of anilines is 2. The molecule has 2 aromatic heterocycles. The number of carboxylic acid groups (broad SMARTS) is 1. The third kappa shape index (κ3) is 3.37. The van der Waals surface area contributed by atoms with Crippen LogP contribution >= 0.6 is 0 Å². The number of piperidine rings is 1. The second kappa shape index (κ2) is 7.29. The number of hydrogen-bond acceptors (Lipinski definition) is 6. The second-order valence-corrected chi connectivity index (χ2v) is 8.89. The Morgan fingerprint density at radius 2 is 1.97 bits per heavy atom. The summed E-state index contributed by atoms with van der Waals surface area (Å²) < 4.78 is 15.1. The molecule has 5 rings (SSSR count). The summed E-state index contributed by atoms with van der Waals surface area (Å²) in [5.74, 6) is -0.140. The standard InChI is InChI=1S/C23H24FN5O3/c1-11-6-15(12(2)25-17-4-5-18(24)26-20(17)22(31)32)19-16(7-11)21(30)28(3)23(27-19)29-9-13-8-14(13)10-29/h4-7,12-14,25H,8-10H2,1-3H3,(H,31,32)/t12-,13?,14?/m0/s1. The van der Waals surface area contributed by atoms with E-state index in [9.17, 15) is 19.1 Å². The molecular formula is C23H24FN5O3. The quantitative estimate of drug-likeness (QED) is 0.592. The van der Waals surface area contributed by atoms with Crippen LogP contribution in [0, 0.1) is 24.7 Å². The van der Waals surface area contributed by atoms with Crippen molar-refractivity contribution in [1.29, 1.82) is 0 Å². The Bertz CT molecular complexity index is 1310. The molecule has 8 nitrogen and oxygen atoms in total. The van der Waals surface area contributed by atoms with Crippen molar-refractivity contribution < 1.29 is 14.3 Å². The number of aryl methyl sites for hydroxylation is 1. The van der Waals surface area contributed by atoms with Gasteiger partial charge in [-0.05, 0) is 55.9 Å². The molecule has 2 unspecified atom stereocenters. The number of nitrogens with one attached hydrogen (secondary N) is 1. The van der Waals surface area contributed by atoms with Crippen molar-refractivity contribution in [1.82, 2.24) is 14.5 Å². The number of hydrogen-bond donors (Lipinski definition) is 2. The Kier molecular flexibility index (Phi) is 4.65. The maximum atomic E-state index is 13.5. The second-order valence-electron chi connectivity index (χ2n) is 8.89. The molecule has 0 bridgehead atoms. The molecule has 0 spiro atoms. The summed E-state index contributed by atoms with van der Waals surface area (Å²) in [7, 11) is 1.75. The van der Waals surface area contributed by atoms with Crippen LogP contribution in [0.2, 0.25) is 0 Å². The summed E-state index contributed by atoms with van der Waals surface area (Å²) in [5, 5.41) is 13.0. The van der Waals surface area contributed by atoms with Crippen LogP contribution in [0.4, 0.5) is 16.0 Å². The number of carboxylic acids is 1. The van der Waals surface area contributed by atoms with Crippen LogP contribution in [-0.4, -0.2) is 38.7 Å². The molecule has 1 aromatic carbocycles. The molecule has 2 fully saturated rings. The molecule has 32 heavy (non-hydrogen) atoms. The molecule has 1 saturated carbocycles. The first-order valence-electron chi connectivity index (χ1n) is 10.7. The van der Waals surface area contributed by atoms with Gasteiger partial charge in [-0.25, -0.2) is 14.8 Å². The first-order chi connectivity index (χ1) is 15.2. The molecule has 1 aliphatic heterocycles. The smallest absolute Gasteiger partial charge is 0.356 e. The minimum atomic E-state index is -1.32. The Balaban J connectivity index is 1.60. The van der Waals surface area contributed by atoms with Gasteiger partial charge >= 0.3 is 5.97 Å². The molecular weight excluding hydrogens is 413 g/mol. The number of halogens is 1. The number of aromatic nitrogens is 3. The van der Waals surface area contributed by atoms with Gasteiger partial charge in [0.05, 0.1) is 22.6 Å². The Labute approximate surface area is 183 Å². The average molecular weight is 437 g/mol. The van der Waals surface area contributed by atoms with E-state index in [4.69, 9.17) is 4.98 Å².